The summed E-state index contributed by atoms with van der Waals surface area (Å²) in [6.45, 7) is 3.77. The molecule has 0 saturated carbocycles. The molecule has 138 valence electrons. The molecule has 0 spiro atoms. The third-order valence-corrected chi connectivity index (χ3v) is 5.35. The summed E-state index contributed by atoms with van der Waals surface area (Å²) in [5.41, 5.74) is 2.07. The molecule has 0 fully saturated rings. The molecule has 2 aromatic rings. The van der Waals surface area contributed by atoms with Crippen molar-refractivity contribution in [1.82, 2.24) is 9.88 Å². The van der Waals surface area contributed by atoms with Gasteiger partial charge >= 0.3 is 0 Å². The lowest BCUT2D eigenvalue weighted by Gasteiger charge is -2.15. The molecule has 26 heavy (non-hydrogen) atoms. The first-order valence-corrected chi connectivity index (χ1v) is 9.89. The van der Waals surface area contributed by atoms with Gasteiger partial charge in [0.05, 0.1) is 23.9 Å². The number of hydrogen-bond donors (Lipinski definition) is 0. The lowest BCUT2D eigenvalue weighted by Crippen LogP contribution is -2.33. The van der Waals surface area contributed by atoms with Gasteiger partial charge in [0.15, 0.2) is 9.84 Å². The number of oxazole rings is 1. The van der Waals surface area contributed by atoms with E-state index in [-0.39, 0.29) is 18.7 Å². The number of nitrogens with zero attached hydrogens (tertiary/aromatic N) is 3. The minimum Gasteiger partial charge on any atom is -0.441 e. The fraction of sp³-hybridized carbons (Fsp3) is 0.389. The molecule has 1 aromatic heterocycles. The first-order valence-electron chi connectivity index (χ1n) is 8.07. The highest BCUT2D eigenvalue weighted by Gasteiger charge is 2.24. The summed E-state index contributed by atoms with van der Waals surface area (Å²) < 4.78 is 30.3. The van der Waals surface area contributed by atoms with Crippen LogP contribution in [-0.2, 0) is 20.4 Å². The van der Waals surface area contributed by atoms with Gasteiger partial charge in [0, 0.05) is 19.2 Å². The highest BCUT2D eigenvalue weighted by molar-refractivity contribution is 7.91. The fourth-order valence-electron chi connectivity index (χ4n) is 2.39. The molecule has 0 aliphatic heterocycles. The van der Waals surface area contributed by atoms with Crippen LogP contribution in [0.15, 0.2) is 28.7 Å². The van der Waals surface area contributed by atoms with E-state index in [0.717, 1.165) is 11.1 Å². The highest BCUT2D eigenvalue weighted by atomic mass is 32.2. The third-order valence-electron chi connectivity index (χ3n) is 3.95. The molecule has 0 aliphatic rings. The van der Waals surface area contributed by atoms with Gasteiger partial charge in [-0.05, 0) is 25.5 Å². The number of aromatic nitrogens is 1. The van der Waals surface area contributed by atoms with Gasteiger partial charge in [-0.1, -0.05) is 18.2 Å². The van der Waals surface area contributed by atoms with E-state index < -0.39 is 21.5 Å². The number of nitriles is 1. The molecular formula is C18H21N3O4S. The Morgan fingerprint density at radius 1 is 1.31 bits per heavy atom. The van der Waals surface area contributed by atoms with Crippen molar-refractivity contribution in [3.8, 4) is 17.5 Å². The second-order valence-corrected chi connectivity index (χ2v) is 8.16. The Balaban J connectivity index is 2.14. The molecule has 1 aromatic carbocycles. The van der Waals surface area contributed by atoms with Gasteiger partial charge in [-0.2, -0.15) is 5.26 Å². The number of benzene rings is 1. The molecular weight excluding hydrogens is 354 g/mol. The molecule has 0 unspecified atom stereocenters. The van der Waals surface area contributed by atoms with Crippen molar-refractivity contribution in [1.29, 1.82) is 5.26 Å². The summed E-state index contributed by atoms with van der Waals surface area (Å²) in [4.78, 5) is 17.6. The number of amides is 1. The van der Waals surface area contributed by atoms with Gasteiger partial charge in [0.2, 0.25) is 11.8 Å². The SMILES string of the molecule is Cc1ccccc1-c1nc(CS(=O)(=O)CC(=O)N(C)CCC#N)c(C)o1. The molecule has 0 radical (unpaired) electrons. The molecule has 0 aliphatic carbocycles. The fourth-order valence-corrected chi connectivity index (χ4v) is 3.77. The van der Waals surface area contributed by atoms with Crippen molar-refractivity contribution in [2.45, 2.75) is 26.0 Å². The topological polar surface area (TPSA) is 104 Å². The van der Waals surface area contributed by atoms with Crippen LogP contribution in [0.4, 0.5) is 0 Å². The third kappa shape index (κ3) is 4.92. The summed E-state index contributed by atoms with van der Waals surface area (Å²) in [6.07, 6.45) is 0.157. The predicted molar refractivity (Wildman–Crippen MR) is 96.8 cm³/mol. The minimum absolute atomic E-state index is 0.157. The van der Waals surface area contributed by atoms with E-state index in [1.54, 1.807) is 6.92 Å². The van der Waals surface area contributed by atoms with Crippen molar-refractivity contribution < 1.29 is 17.6 Å². The number of hydrogen-bond acceptors (Lipinski definition) is 6. The van der Waals surface area contributed by atoms with Crippen molar-refractivity contribution in [2.24, 2.45) is 0 Å². The first-order chi connectivity index (χ1) is 12.2. The van der Waals surface area contributed by atoms with Gasteiger partial charge in [-0.3, -0.25) is 4.79 Å². The Bertz CT molecular complexity index is 942. The predicted octanol–water partition coefficient (Wildman–Crippen LogP) is 2.25. The number of rotatable bonds is 7. The molecule has 0 bridgehead atoms. The number of aryl methyl sites for hydroxylation is 2. The normalized spacial score (nSPS) is 11.2. The zero-order chi connectivity index (χ0) is 19.3. The van der Waals surface area contributed by atoms with Crippen LogP contribution >= 0.6 is 0 Å². The van der Waals surface area contributed by atoms with Crippen molar-refractivity contribution in [3.63, 3.8) is 0 Å². The van der Waals surface area contributed by atoms with Crippen molar-refractivity contribution >= 4 is 15.7 Å². The number of sulfone groups is 1. The van der Waals surface area contributed by atoms with Crippen LogP contribution in [-0.4, -0.2) is 43.6 Å². The van der Waals surface area contributed by atoms with Crippen LogP contribution in [0.3, 0.4) is 0 Å². The van der Waals surface area contributed by atoms with E-state index in [4.69, 9.17) is 9.68 Å². The molecule has 0 N–H and O–H groups in total. The van der Waals surface area contributed by atoms with E-state index in [9.17, 15) is 13.2 Å². The van der Waals surface area contributed by atoms with Crippen LogP contribution in [0, 0.1) is 25.2 Å². The zero-order valence-corrected chi connectivity index (χ0v) is 15.8. The maximum absolute atomic E-state index is 12.4. The minimum atomic E-state index is -3.70. The average molecular weight is 375 g/mol. The molecule has 1 amide bonds. The van der Waals surface area contributed by atoms with E-state index >= 15 is 0 Å². The molecule has 8 heteroatoms. The molecule has 7 nitrogen and oxygen atoms in total. The molecule has 2 rings (SSSR count). The maximum Gasteiger partial charge on any atom is 0.237 e. The summed E-state index contributed by atoms with van der Waals surface area (Å²) in [7, 11) is -2.22. The van der Waals surface area contributed by atoms with Gasteiger partial charge in [0.1, 0.15) is 11.5 Å². The van der Waals surface area contributed by atoms with E-state index in [2.05, 4.69) is 4.98 Å². The summed E-state index contributed by atoms with van der Waals surface area (Å²) in [5, 5.41) is 8.55. The first kappa shape index (κ1) is 19.7. The standard InChI is InChI=1S/C18H21N3O4S/c1-13-7-4-5-8-15(13)18-20-16(14(2)25-18)11-26(23,24)12-17(22)21(3)10-6-9-19/h4-5,7-8H,6,10-12H2,1-3H3. The maximum atomic E-state index is 12.4. The van der Waals surface area contributed by atoms with Crippen LogP contribution < -0.4 is 0 Å². The highest BCUT2D eigenvalue weighted by Crippen LogP contribution is 2.25. The average Bonchev–Trinajstić information content (AvgIpc) is 2.92. The van der Waals surface area contributed by atoms with Gasteiger partial charge < -0.3 is 9.32 Å². The summed E-state index contributed by atoms with van der Waals surface area (Å²) in [5.74, 6) is -0.756. The summed E-state index contributed by atoms with van der Waals surface area (Å²) >= 11 is 0. The van der Waals surface area contributed by atoms with Crippen molar-refractivity contribution in [2.75, 3.05) is 19.3 Å². The largest absolute Gasteiger partial charge is 0.441 e. The van der Waals surface area contributed by atoms with Gasteiger partial charge in [-0.15, -0.1) is 0 Å². The Morgan fingerprint density at radius 3 is 2.65 bits per heavy atom. The number of carbonyl (C=O) groups is 1. The second kappa shape index (κ2) is 8.15. The smallest absolute Gasteiger partial charge is 0.237 e. The van der Waals surface area contributed by atoms with E-state index in [1.807, 2.05) is 37.3 Å². The van der Waals surface area contributed by atoms with E-state index in [1.165, 1.54) is 11.9 Å². The van der Waals surface area contributed by atoms with Crippen molar-refractivity contribution in [3.05, 3.63) is 41.3 Å². The van der Waals surface area contributed by atoms with Crippen LogP contribution in [0.2, 0.25) is 0 Å². The Labute approximate surface area is 153 Å². The van der Waals surface area contributed by atoms with Crippen LogP contribution in [0.25, 0.3) is 11.5 Å². The Hall–Kier alpha value is -2.66. The van der Waals surface area contributed by atoms with E-state index in [0.29, 0.717) is 17.3 Å². The number of carbonyl (C=O) groups excluding carboxylic acids is 1. The lowest BCUT2D eigenvalue weighted by molar-refractivity contribution is -0.127. The summed E-state index contributed by atoms with van der Waals surface area (Å²) in [6, 6.07) is 9.44. The lowest BCUT2D eigenvalue weighted by atomic mass is 10.1. The monoisotopic (exact) mass is 375 g/mol. The second-order valence-electron chi connectivity index (χ2n) is 6.09. The Kier molecular flexibility index (Phi) is 6.16. The molecule has 0 atom stereocenters. The quantitative estimate of drug-likeness (QED) is 0.735. The van der Waals surface area contributed by atoms with Gasteiger partial charge in [-0.25, -0.2) is 13.4 Å². The van der Waals surface area contributed by atoms with Gasteiger partial charge in [0.25, 0.3) is 0 Å². The van der Waals surface area contributed by atoms with Crippen LogP contribution in [0.1, 0.15) is 23.4 Å². The molecule has 0 saturated heterocycles. The zero-order valence-electron chi connectivity index (χ0n) is 15.0. The van der Waals surface area contributed by atoms with Crippen LogP contribution in [0.5, 0.6) is 0 Å². The molecule has 1 heterocycles. The Morgan fingerprint density at radius 2 is 2.00 bits per heavy atom.